The predicted octanol–water partition coefficient (Wildman–Crippen LogP) is 7.87. The van der Waals surface area contributed by atoms with Gasteiger partial charge in [0, 0.05) is 28.2 Å². The molecule has 3 N–H and O–H groups in total. The van der Waals surface area contributed by atoms with Gasteiger partial charge in [0.2, 0.25) is 0 Å². The number of nitrogens with one attached hydrogen (secondary N) is 2. The second-order valence-electron chi connectivity index (χ2n) is 9.85. The molecule has 208 valence electrons. The zero-order chi connectivity index (χ0) is 29.3. The Balaban J connectivity index is 1.50. The Morgan fingerprint density at radius 2 is 1.60 bits per heavy atom. The fourth-order valence-electron chi connectivity index (χ4n) is 5.07. The van der Waals surface area contributed by atoms with Gasteiger partial charge in [-0.15, -0.1) is 0 Å². The van der Waals surface area contributed by atoms with Crippen LogP contribution >= 0.6 is 23.2 Å². The van der Waals surface area contributed by atoms with Crippen LogP contribution in [0.2, 0.25) is 10.0 Å². The summed E-state index contributed by atoms with van der Waals surface area (Å²) in [6, 6.07) is 30.7. The number of para-hydroxylation sites is 1. The first-order chi connectivity index (χ1) is 20.3. The summed E-state index contributed by atoms with van der Waals surface area (Å²) in [5.74, 6) is 0.359. The summed E-state index contributed by atoms with van der Waals surface area (Å²) in [4.78, 5) is 21.8. The Morgan fingerprint density at radius 3 is 2.31 bits per heavy atom. The first kappa shape index (κ1) is 27.5. The van der Waals surface area contributed by atoms with Gasteiger partial charge in [0.1, 0.15) is 5.82 Å². The number of carbonyl (C=O) groups is 1. The number of benzene rings is 4. The van der Waals surface area contributed by atoms with Crippen molar-refractivity contribution in [1.82, 2.24) is 14.5 Å². The standard InChI is InChI=1S/C33H25Cl2N5O2/c1-40-20-36-19-30(40)33(42,22-10-13-24(34)14-11-22)23-12-15-29-28(17-23)27(21-6-5-7-25(35)16-21)18-31(38-29)39-32(41)37-26-8-3-2-4-9-26/h2-20,42H,1H3,(H2,37,38,39,41). The average molecular weight is 595 g/mol. The first-order valence-electron chi connectivity index (χ1n) is 13.1. The number of anilines is 2. The van der Waals surface area contributed by atoms with E-state index in [2.05, 4.69) is 15.6 Å². The summed E-state index contributed by atoms with van der Waals surface area (Å²) in [7, 11) is 1.83. The number of rotatable bonds is 6. The fourth-order valence-corrected chi connectivity index (χ4v) is 5.39. The van der Waals surface area contributed by atoms with Crippen LogP contribution in [0.1, 0.15) is 16.8 Å². The molecule has 0 fully saturated rings. The highest BCUT2D eigenvalue weighted by Crippen LogP contribution is 2.40. The maximum Gasteiger partial charge on any atom is 0.324 e. The predicted molar refractivity (Wildman–Crippen MR) is 168 cm³/mol. The summed E-state index contributed by atoms with van der Waals surface area (Å²) < 4.78 is 1.79. The molecule has 42 heavy (non-hydrogen) atoms. The molecular weight excluding hydrogens is 569 g/mol. The number of amides is 2. The van der Waals surface area contributed by atoms with Crippen LogP contribution in [0.4, 0.5) is 16.3 Å². The lowest BCUT2D eigenvalue weighted by atomic mass is 9.82. The minimum atomic E-state index is -1.55. The van der Waals surface area contributed by atoms with Crippen molar-refractivity contribution >= 4 is 51.6 Å². The number of nitrogens with zero attached hydrogens (tertiary/aromatic N) is 3. The molecule has 1 atom stereocenters. The number of pyridine rings is 1. The summed E-state index contributed by atoms with van der Waals surface area (Å²) >= 11 is 12.6. The second-order valence-corrected chi connectivity index (χ2v) is 10.7. The van der Waals surface area contributed by atoms with Gasteiger partial charge < -0.3 is 15.0 Å². The van der Waals surface area contributed by atoms with Gasteiger partial charge in [0.25, 0.3) is 0 Å². The summed E-state index contributed by atoms with van der Waals surface area (Å²) in [5, 5.41) is 20.0. The van der Waals surface area contributed by atoms with Gasteiger partial charge in [-0.25, -0.2) is 14.8 Å². The van der Waals surface area contributed by atoms with E-state index >= 15 is 0 Å². The van der Waals surface area contributed by atoms with Gasteiger partial charge in [-0.2, -0.15) is 0 Å². The number of imidazole rings is 1. The lowest BCUT2D eigenvalue weighted by Gasteiger charge is -2.30. The number of aliphatic hydroxyl groups is 1. The molecule has 0 bridgehead atoms. The molecule has 0 saturated heterocycles. The molecule has 2 heterocycles. The highest BCUT2D eigenvalue weighted by Gasteiger charge is 2.37. The number of carbonyl (C=O) groups excluding carboxylic acids is 1. The van der Waals surface area contributed by atoms with E-state index in [1.54, 1.807) is 65.6 Å². The van der Waals surface area contributed by atoms with E-state index in [1.807, 2.05) is 61.6 Å². The van der Waals surface area contributed by atoms with Gasteiger partial charge >= 0.3 is 6.03 Å². The minimum absolute atomic E-state index is 0.359. The zero-order valence-electron chi connectivity index (χ0n) is 22.4. The third kappa shape index (κ3) is 5.33. The molecule has 0 aliphatic carbocycles. The Morgan fingerprint density at radius 1 is 0.833 bits per heavy atom. The Hall–Kier alpha value is -4.69. The Labute approximate surface area is 252 Å². The van der Waals surface area contributed by atoms with E-state index in [4.69, 9.17) is 28.2 Å². The van der Waals surface area contributed by atoms with Gasteiger partial charge in [0.05, 0.1) is 23.7 Å². The molecule has 0 aliphatic rings. The summed E-state index contributed by atoms with van der Waals surface area (Å²) in [5.41, 5.74) is 3.15. The van der Waals surface area contributed by atoms with Gasteiger partial charge in [-0.3, -0.25) is 5.32 Å². The van der Waals surface area contributed by atoms with Crippen molar-refractivity contribution in [2.24, 2.45) is 7.05 Å². The van der Waals surface area contributed by atoms with Crippen LogP contribution in [0.3, 0.4) is 0 Å². The van der Waals surface area contributed by atoms with Crippen molar-refractivity contribution in [3.05, 3.63) is 143 Å². The average Bonchev–Trinajstić information content (AvgIpc) is 3.43. The Kier molecular flexibility index (Phi) is 7.39. The van der Waals surface area contributed by atoms with Crippen LogP contribution in [0.5, 0.6) is 0 Å². The lowest BCUT2D eigenvalue weighted by molar-refractivity contribution is 0.117. The zero-order valence-corrected chi connectivity index (χ0v) is 23.9. The van der Waals surface area contributed by atoms with Crippen LogP contribution in [0.25, 0.3) is 22.0 Å². The molecule has 9 heteroatoms. The van der Waals surface area contributed by atoms with Crippen molar-refractivity contribution in [2.45, 2.75) is 5.60 Å². The van der Waals surface area contributed by atoms with Crippen LogP contribution in [0.15, 0.2) is 116 Å². The third-order valence-electron chi connectivity index (χ3n) is 7.08. The Bertz CT molecular complexity index is 1910. The van der Waals surface area contributed by atoms with E-state index in [9.17, 15) is 9.90 Å². The SMILES string of the molecule is Cn1cncc1C(O)(c1ccc(Cl)cc1)c1ccc2nc(NC(=O)Nc3ccccc3)cc(-c3cccc(Cl)c3)c2c1. The number of hydrogen-bond donors (Lipinski definition) is 3. The molecule has 0 spiro atoms. The van der Waals surface area contributed by atoms with Gasteiger partial charge in [-0.05, 0) is 76.9 Å². The van der Waals surface area contributed by atoms with Crippen LogP contribution < -0.4 is 10.6 Å². The maximum absolute atomic E-state index is 12.8. The molecule has 2 aromatic heterocycles. The van der Waals surface area contributed by atoms with Crippen LogP contribution in [-0.2, 0) is 12.6 Å². The molecule has 6 rings (SSSR count). The fraction of sp³-hybridized carbons (Fsp3) is 0.0606. The van der Waals surface area contributed by atoms with Crippen LogP contribution in [-0.4, -0.2) is 25.7 Å². The lowest BCUT2D eigenvalue weighted by Crippen LogP contribution is -2.31. The maximum atomic E-state index is 12.8. The van der Waals surface area contributed by atoms with E-state index in [1.165, 1.54) is 0 Å². The highest BCUT2D eigenvalue weighted by atomic mass is 35.5. The molecular formula is C33H25Cl2N5O2. The molecule has 0 saturated carbocycles. The van der Waals surface area contributed by atoms with E-state index in [0.717, 1.165) is 16.5 Å². The molecule has 0 aliphatic heterocycles. The summed E-state index contributed by atoms with van der Waals surface area (Å²) in [6.45, 7) is 0. The number of fused-ring (bicyclic) bond motifs is 1. The van der Waals surface area contributed by atoms with Crippen molar-refractivity contribution in [3.8, 4) is 11.1 Å². The molecule has 0 radical (unpaired) electrons. The van der Waals surface area contributed by atoms with Crippen LogP contribution in [0, 0.1) is 0 Å². The highest BCUT2D eigenvalue weighted by molar-refractivity contribution is 6.31. The molecule has 7 nitrogen and oxygen atoms in total. The molecule has 6 aromatic rings. The molecule has 2 amide bonds. The van der Waals surface area contributed by atoms with Gasteiger partial charge in [0.15, 0.2) is 5.60 Å². The summed E-state index contributed by atoms with van der Waals surface area (Å²) in [6.07, 6.45) is 3.29. The third-order valence-corrected chi connectivity index (χ3v) is 7.57. The molecule has 1 unspecified atom stereocenters. The number of hydrogen-bond acceptors (Lipinski definition) is 4. The van der Waals surface area contributed by atoms with Crippen molar-refractivity contribution in [1.29, 1.82) is 0 Å². The number of halogens is 2. The van der Waals surface area contributed by atoms with Crippen molar-refractivity contribution < 1.29 is 9.90 Å². The van der Waals surface area contributed by atoms with E-state index in [-0.39, 0.29) is 0 Å². The van der Waals surface area contributed by atoms with Crippen molar-refractivity contribution in [2.75, 3.05) is 10.6 Å². The number of urea groups is 1. The smallest absolute Gasteiger partial charge is 0.324 e. The van der Waals surface area contributed by atoms with Gasteiger partial charge in [-0.1, -0.05) is 71.7 Å². The van der Waals surface area contributed by atoms with Crippen molar-refractivity contribution in [3.63, 3.8) is 0 Å². The largest absolute Gasteiger partial charge is 0.374 e. The number of aryl methyl sites for hydroxylation is 1. The van der Waals surface area contributed by atoms with E-state index in [0.29, 0.717) is 43.9 Å². The second kappa shape index (κ2) is 11.3. The number of aromatic nitrogens is 3. The monoisotopic (exact) mass is 593 g/mol. The first-order valence-corrected chi connectivity index (χ1v) is 13.9. The minimum Gasteiger partial charge on any atom is -0.374 e. The quantitative estimate of drug-likeness (QED) is 0.183. The topological polar surface area (TPSA) is 92.1 Å². The normalized spacial score (nSPS) is 12.6. The van der Waals surface area contributed by atoms with E-state index < -0.39 is 11.6 Å². The molecule has 4 aromatic carbocycles.